The number of nitrogens with one attached hydrogen (secondary N) is 4. The van der Waals surface area contributed by atoms with Crippen molar-refractivity contribution in [2.24, 2.45) is 0 Å². The standard InChI is InChI=1S/C6H6N4.2ClHO4/c1-5(2-8-7-1)6-3-9-10-4-6;2*2-1(3,4)5/h1-4H,(H,7,8)(H,9,10);2*(H,2,3,4,5). The van der Waals surface area contributed by atoms with E-state index in [9.17, 15) is 0 Å². The minimum Gasteiger partial charge on any atom is -0.222 e. The molecule has 0 fully saturated rings. The van der Waals surface area contributed by atoms with Crippen molar-refractivity contribution < 1.29 is 68.0 Å². The van der Waals surface area contributed by atoms with E-state index < -0.39 is 20.5 Å². The second-order valence-electron chi connectivity index (χ2n) is 2.82. The number of hydrogen-bond donors (Lipinski definition) is 2. The maximum absolute atomic E-state index is 8.49. The normalized spacial score (nSPS) is 11.0. The third kappa shape index (κ3) is 14.7. The van der Waals surface area contributed by atoms with Crippen molar-refractivity contribution in [1.82, 2.24) is 10.2 Å². The number of hydrogen-bond acceptors (Lipinski definition) is 8. The molecule has 0 spiro atoms. The largest absolute Gasteiger partial charge is 0.222 e. The molecule has 2 aromatic rings. The van der Waals surface area contributed by atoms with E-state index in [0.717, 1.165) is 11.1 Å². The van der Waals surface area contributed by atoms with Gasteiger partial charge in [0.15, 0.2) is 0 Å². The third-order valence-electron chi connectivity index (χ3n) is 1.41. The third-order valence-corrected chi connectivity index (χ3v) is 1.41. The van der Waals surface area contributed by atoms with Gasteiger partial charge in [-0.05, 0) is 0 Å². The lowest BCUT2D eigenvalue weighted by atomic mass is 10.2. The van der Waals surface area contributed by atoms with E-state index in [4.69, 9.17) is 37.3 Å². The molecule has 2 heterocycles. The van der Waals surface area contributed by atoms with Crippen molar-refractivity contribution >= 4 is 0 Å². The highest BCUT2D eigenvalue weighted by Gasteiger charge is 2.03. The summed E-state index contributed by atoms with van der Waals surface area (Å²) in [6, 6.07) is 0. The van der Waals surface area contributed by atoms with Gasteiger partial charge in [-0.2, -0.15) is 10.2 Å². The molecule has 2 rings (SSSR count). The molecule has 0 bridgehead atoms. The first-order valence-electron chi connectivity index (χ1n) is 4.29. The Morgan fingerprint density at radius 2 is 0.900 bits per heavy atom. The van der Waals surface area contributed by atoms with Crippen LogP contribution in [0.3, 0.4) is 0 Å². The highest BCUT2D eigenvalue weighted by atomic mass is 35.7. The molecule has 0 aliphatic carbocycles. The van der Waals surface area contributed by atoms with Crippen molar-refractivity contribution in [2.75, 3.05) is 0 Å². The van der Waals surface area contributed by atoms with Gasteiger partial charge < -0.3 is 0 Å². The van der Waals surface area contributed by atoms with Gasteiger partial charge in [0, 0.05) is 0 Å². The molecule has 0 unspecified atom stereocenters. The van der Waals surface area contributed by atoms with Crippen LogP contribution in [0.1, 0.15) is 0 Å². The van der Waals surface area contributed by atoms with Crippen LogP contribution in [0.2, 0.25) is 0 Å². The first-order valence-corrected chi connectivity index (χ1v) is 6.76. The molecule has 12 nitrogen and oxygen atoms in total. The van der Waals surface area contributed by atoms with Gasteiger partial charge in [0.1, 0.15) is 0 Å². The van der Waals surface area contributed by atoms with Gasteiger partial charge in [0.25, 0.3) is 0 Å². The van der Waals surface area contributed by atoms with Crippen molar-refractivity contribution in [3.8, 4) is 11.1 Å². The molecule has 4 N–H and O–H groups in total. The molecule has 114 valence electrons. The summed E-state index contributed by atoms with van der Waals surface area (Å²) < 4.78 is 67.9. The molecular formula is C6H8Cl2N4O8. The van der Waals surface area contributed by atoms with Crippen LogP contribution >= 0.6 is 0 Å². The Kier molecular flexibility index (Phi) is 7.54. The van der Waals surface area contributed by atoms with Gasteiger partial charge in [-0.25, -0.2) is 37.3 Å². The fourth-order valence-electron chi connectivity index (χ4n) is 0.894. The second kappa shape index (κ2) is 8.08. The summed E-state index contributed by atoms with van der Waals surface area (Å²) in [7, 11) is -9.89. The van der Waals surface area contributed by atoms with Crippen LogP contribution in [0.5, 0.6) is 0 Å². The Morgan fingerprint density at radius 1 is 0.650 bits per heavy atom. The fourth-order valence-corrected chi connectivity index (χ4v) is 0.894. The van der Waals surface area contributed by atoms with Crippen LogP contribution in [0, 0.1) is 20.5 Å². The summed E-state index contributed by atoms with van der Waals surface area (Å²) in [5.41, 5.74) is 2.27. The smallest absolute Gasteiger partial charge is 0.200 e. The number of halogens is 2. The van der Waals surface area contributed by atoms with Crippen LogP contribution in [-0.4, -0.2) is 10.2 Å². The molecule has 20 heavy (non-hydrogen) atoms. The first-order chi connectivity index (χ1) is 8.97. The van der Waals surface area contributed by atoms with E-state index in [1.165, 1.54) is 0 Å². The summed E-state index contributed by atoms with van der Waals surface area (Å²) in [6.07, 6.45) is 7.60. The molecule has 0 saturated heterocycles. The predicted octanol–water partition coefficient (Wildman–Crippen LogP) is -9.87. The molecule has 0 radical (unpaired) electrons. The zero-order chi connectivity index (χ0) is 15.8. The molecule has 0 atom stereocenters. The topological polar surface area (TPSA) is 244 Å². The highest BCUT2D eigenvalue weighted by molar-refractivity contribution is 5.57. The monoisotopic (exact) mass is 334 g/mol. The summed E-state index contributed by atoms with van der Waals surface area (Å²) in [6.45, 7) is 0. The number of aromatic amines is 4. The van der Waals surface area contributed by atoms with E-state index >= 15 is 0 Å². The minimum atomic E-state index is -4.94. The molecule has 0 aromatic carbocycles. The summed E-state index contributed by atoms with van der Waals surface area (Å²) >= 11 is 0. The fraction of sp³-hybridized carbons (Fsp3) is 0. The molecule has 0 aliphatic rings. The van der Waals surface area contributed by atoms with Gasteiger partial charge >= 0.3 is 0 Å². The Balaban J connectivity index is 0.000000310. The van der Waals surface area contributed by atoms with E-state index in [-0.39, 0.29) is 0 Å². The van der Waals surface area contributed by atoms with Crippen LogP contribution in [0.15, 0.2) is 24.8 Å². The number of rotatable bonds is 1. The average molecular weight is 335 g/mol. The molecular weight excluding hydrogens is 327 g/mol. The van der Waals surface area contributed by atoms with Crippen LogP contribution < -0.4 is 47.5 Å². The van der Waals surface area contributed by atoms with Crippen molar-refractivity contribution in [1.29, 1.82) is 0 Å². The van der Waals surface area contributed by atoms with Crippen LogP contribution in [-0.2, 0) is 0 Å². The van der Waals surface area contributed by atoms with Gasteiger partial charge in [0.2, 0.25) is 12.4 Å². The van der Waals surface area contributed by atoms with E-state index in [0.29, 0.717) is 0 Å². The van der Waals surface area contributed by atoms with Gasteiger partial charge in [-0.3, -0.25) is 0 Å². The SMILES string of the molecule is [O-][Cl+3]([O-])([O-])[O-].[O-][Cl+3]([O-])([O-])[O-].c1[nH][nH+]cc1-c1c[nH][nH+]c1. The summed E-state index contributed by atoms with van der Waals surface area (Å²) in [5.74, 6) is 0. The number of aromatic nitrogens is 4. The molecule has 0 aliphatic heterocycles. The zero-order valence-corrected chi connectivity index (χ0v) is 10.8. The Bertz CT molecular complexity index is 394. The Labute approximate surface area is 115 Å². The summed E-state index contributed by atoms with van der Waals surface area (Å²) in [4.78, 5) is 0. The van der Waals surface area contributed by atoms with Crippen LogP contribution in [0.25, 0.3) is 11.1 Å². The lowest BCUT2D eigenvalue weighted by Crippen LogP contribution is -2.68. The maximum Gasteiger partial charge on any atom is 0.200 e. The Morgan fingerprint density at radius 3 is 1.05 bits per heavy atom. The number of H-pyrrole nitrogens is 4. The lowest BCUT2D eigenvalue weighted by Gasteiger charge is -2.17. The van der Waals surface area contributed by atoms with E-state index in [2.05, 4.69) is 20.4 Å². The van der Waals surface area contributed by atoms with Crippen LogP contribution in [0.4, 0.5) is 0 Å². The van der Waals surface area contributed by atoms with Crippen molar-refractivity contribution in [2.45, 2.75) is 0 Å². The molecule has 14 heteroatoms. The quantitative estimate of drug-likeness (QED) is 0.505. The minimum absolute atomic E-state index is 1.14. The first kappa shape index (κ1) is 18.7. The highest BCUT2D eigenvalue weighted by Crippen LogP contribution is 2.11. The van der Waals surface area contributed by atoms with Crippen molar-refractivity contribution in [3.63, 3.8) is 0 Å². The Hall–Kier alpha value is -1.32. The van der Waals surface area contributed by atoms with Gasteiger partial charge in [-0.1, -0.05) is 0 Å². The van der Waals surface area contributed by atoms with E-state index in [1.54, 1.807) is 0 Å². The van der Waals surface area contributed by atoms with Gasteiger partial charge in [0.05, 0.1) is 23.5 Å². The molecule has 0 saturated carbocycles. The summed E-state index contributed by atoms with van der Waals surface area (Å²) in [5, 5.41) is 11.5. The van der Waals surface area contributed by atoms with E-state index in [1.807, 2.05) is 24.8 Å². The maximum atomic E-state index is 8.49. The van der Waals surface area contributed by atoms with Crippen molar-refractivity contribution in [3.05, 3.63) is 24.8 Å². The second-order valence-corrected chi connectivity index (χ2v) is 4.33. The lowest BCUT2D eigenvalue weighted by molar-refractivity contribution is -2.00. The predicted molar refractivity (Wildman–Crippen MR) is 33.7 cm³/mol. The molecule has 2 aromatic heterocycles. The average Bonchev–Trinajstić information content (AvgIpc) is 2.85. The zero-order valence-electron chi connectivity index (χ0n) is 9.33. The van der Waals surface area contributed by atoms with Gasteiger partial charge in [-0.15, -0.1) is 30.7 Å². The molecule has 0 amide bonds.